The molecule has 7 heteroatoms. The fourth-order valence-electron chi connectivity index (χ4n) is 1.78. The van der Waals surface area contributed by atoms with Crippen LogP contribution in [0, 0.1) is 5.82 Å². The Morgan fingerprint density at radius 2 is 2.15 bits per heavy atom. The molecule has 0 aliphatic carbocycles. The van der Waals surface area contributed by atoms with Crippen LogP contribution in [0.4, 0.5) is 4.39 Å². The van der Waals surface area contributed by atoms with Crippen LogP contribution in [0.25, 0.3) is 0 Å². The summed E-state index contributed by atoms with van der Waals surface area (Å²) in [5, 5.41) is 7.47. The Bertz CT molecular complexity index is 560. The molecule has 0 aliphatic heterocycles. The van der Waals surface area contributed by atoms with E-state index in [0.717, 1.165) is 5.56 Å². The number of carbonyl (C=O) groups excluding carboxylic acids is 1. The summed E-state index contributed by atoms with van der Waals surface area (Å²) >= 11 is 0. The van der Waals surface area contributed by atoms with Crippen LogP contribution in [0.15, 0.2) is 24.3 Å². The molecule has 1 aromatic rings. The third-order valence-electron chi connectivity index (χ3n) is 2.84. The maximum Gasteiger partial charge on any atom is 0.220 e. The standard InChI is InChI=1S/C13H19FN2O3S/c1-10(11-4-2-5-12(14)9-11)8-13(17)16-6-3-7-20(15,18)19/h2,4-5,9-10H,3,6-8H2,1H3,(H,16,17)(H2,15,18,19). The molecule has 0 radical (unpaired) electrons. The van der Waals surface area contributed by atoms with Crippen molar-refractivity contribution in [3.05, 3.63) is 35.6 Å². The number of benzene rings is 1. The van der Waals surface area contributed by atoms with Gasteiger partial charge >= 0.3 is 0 Å². The zero-order chi connectivity index (χ0) is 15.2. The molecule has 0 aromatic heterocycles. The number of hydrogen-bond acceptors (Lipinski definition) is 3. The topological polar surface area (TPSA) is 89.3 Å². The van der Waals surface area contributed by atoms with Crippen molar-refractivity contribution in [1.29, 1.82) is 0 Å². The summed E-state index contributed by atoms with van der Waals surface area (Å²) in [6.45, 7) is 2.09. The van der Waals surface area contributed by atoms with Crippen LogP contribution in [0.5, 0.6) is 0 Å². The van der Waals surface area contributed by atoms with E-state index in [0.29, 0.717) is 0 Å². The summed E-state index contributed by atoms with van der Waals surface area (Å²) in [5.41, 5.74) is 0.754. The van der Waals surface area contributed by atoms with Gasteiger partial charge in [0, 0.05) is 13.0 Å². The van der Waals surface area contributed by atoms with Crippen LogP contribution in [-0.4, -0.2) is 26.6 Å². The summed E-state index contributed by atoms with van der Waals surface area (Å²) in [4.78, 5) is 11.7. The van der Waals surface area contributed by atoms with Crippen LogP contribution < -0.4 is 10.5 Å². The van der Waals surface area contributed by atoms with E-state index in [9.17, 15) is 17.6 Å². The first-order valence-corrected chi connectivity index (χ1v) is 8.02. The second-order valence-corrected chi connectivity index (χ2v) is 6.46. The van der Waals surface area contributed by atoms with Crippen LogP contribution in [0.1, 0.15) is 31.2 Å². The summed E-state index contributed by atoms with van der Waals surface area (Å²) in [6, 6.07) is 6.12. The van der Waals surface area contributed by atoms with Crippen molar-refractivity contribution in [2.45, 2.75) is 25.7 Å². The number of nitrogens with two attached hydrogens (primary N) is 1. The van der Waals surface area contributed by atoms with Gasteiger partial charge in [0.1, 0.15) is 5.82 Å². The van der Waals surface area contributed by atoms with Crippen LogP contribution in [0.3, 0.4) is 0 Å². The molecule has 20 heavy (non-hydrogen) atoms. The van der Waals surface area contributed by atoms with E-state index in [1.54, 1.807) is 12.1 Å². The molecule has 0 saturated heterocycles. The third kappa shape index (κ3) is 6.63. The van der Waals surface area contributed by atoms with E-state index < -0.39 is 10.0 Å². The van der Waals surface area contributed by atoms with E-state index in [4.69, 9.17) is 5.14 Å². The van der Waals surface area contributed by atoms with E-state index in [1.165, 1.54) is 12.1 Å². The molecule has 1 amide bonds. The van der Waals surface area contributed by atoms with E-state index in [2.05, 4.69) is 5.32 Å². The number of rotatable bonds is 7. The minimum absolute atomic E-state index is 0.107. The first-order valence-electron chi connectivity index (χ1n) is 6.30. The zero-order valence-corrected chi connectivity index (χ0v) is 12.1. The van der Waals surface area contributed by atoms with Gasteiger partial charge < -0.3 is 5.32 Å². The Morgan fingerprint density at radius 1 is 1.45 bits per heavy atom. The maximum atomic E-state index is 13.1. The molecule has 0 bridgehead atoms. The lowest BCUT2D eigenvalue weighted by Crippen LogP contribution is -2.28. The highest BCUT2D eigenvalue weighted by Gasteiger charge is 2.11. The van der Waals surface area contributed by atoms with Crippen molar-refractivity contribution in [3.63, 3.8) is 0 Å². The summed E-state index contributed by atoms with van der Waals surface area (Å²) < 4.78 is 34.5. The van der Waals surface area contributed by atoms with Gasteiger partial charge in [0.2, 0.25) is 15.9 Å². The summed E-state index contributed by atoms with van der Waals surface area (Å²) in [5.74, 6) is -0.796. The van der Waals surface area contributed by atoms with Gasteiger partial charge in [0.05, 0.1) is 5.75 Å². The van der Waals surface area contributed by atoms with Gasteiger partial charge in [-0.15, -0.1) is 0 Å². The Morgan fingerprint density at radius 3 is 2.75 bits per heavy atom. The van der Waals surface area contributed by atoms with Crippen molar-refractivity contribution in [2.75, 3.05) is 12.3 Å². The lowest BCUT2D eigenvalue weighted by molar-refractivity contribution is -0.121. The van der Waals surface area contributed by atoms with Gasteiger partial charge in [-0.05, 0) is 30.0 Å². The quantitative estimate of drug-likeness (QED) is 0.739. The van der Waals surface area contributed by atoms with Crippen molar-refractivity contribution in [1.82, 2.24) is 5.32 Å². The highest BCUT2D eigenvalue weighted by molar-refractivity contribution is 7.89. The lowest BCUT2D eigenvalue weighted by atomic mass is 9.97. The van der Waals surface area contributed by atoms with Gasteiger partial charge in [-0.25, -0.2) is 17.9 Å². The molecule has 1 atom stereocenters. The molecule has 5 nitrogen and oxygen atoms in total. The fraction of sp³-hybridized carbons (Fsp3) is 0.462. The Hall–Kier alpha value is -1.47. The third-order valence-corrected chi connectivity index (χ3v) is 3.69. The molecule has 0 aliphatic rings. The van der Waals surface area contributed by atoms with Crippen molar-refractivity contribution >= 4 is 15.9 Å². The summed E-state index contributed by atoms with van der Waals surface area (Å²) in [6.07, 6.45) is 0.498. The van der Waals surface area contributed by atoms with Crippen LogP contribution in [-0.2, 0) is 14.8 Å². The molecule has 1 aromatic carbocycles. The van der Waals surface area contributed by atoms with Gasteiger partial charge in [0.25, 0.3) is 0 Å². The molecule has 0 saturated carbocycles. The lowest BCUT2D eigenvalue weighted by Gasteiger charge is -2.12. The highest BCUT2D eigenvalue weighted by Crippen LogP contribution is 2.19. The van der Waals surface area contributed by atoms with Crippen molar-refractivity contribution < 1.29 is 17.6 Å². The van der Waals surface area contributed by atoms with E-state index in [-0.39, 0.29) is 42.8 Å². The zero-order valence-electron chi connectivity index (χ0n) is 11.3. The molecule has 0 heterocycles. The number of halogens is 1. The predicted molar refractivity (Wildman–Crippen MR) is 75.0 cm³/mol. The van der Waals surface area contributed by atoms with Crippen LogP contribution in [0.2, 0.25) is 0 Å². The van der Waals surface area contributed by atoms with Crippen molar-refractivity contribution in [2.24, 2.45) is 5.14 Å². The second kappa shape index (κ2) is 7.35. The average Bonchev–Trinajstić information content (AvgIpc) is 2.33. The van der Waals surface area contributed by atoms with Gasteiger partial charge in [-0.3, -0.25) is 4.79 Å². The Balaban J connectivity index is 2.35. The molecule has 3 N–H and O–H groups in total. The van der Waals surface area contributed by atoms with Crippen molar-refractivity contribution in [3.8, 4) is 0 Å². The molecular weight excluding hydrogens is 283 g/mol. The molecule has 112 valence electrons. The van der Waals surface area contributed by atoms with Gasteiger partial charge in [-0.2, -0.15) is 0 Å². The molecule has 1 rings (SSSR count). The molecular formula is C13H19FN2O3S. The molecule has 0 fully saturated rings. The first-order chi connectivity index (χ1) is 9.28. The molecule has 0 spiro atoms. The maximum absolute atomic E-state index is 13.1. The van der Waals surface area contributed by atoms with E-state index in [1.807, 2.05) is 6.92 Å². The smallest absolute Gasteiger partial charge is 0.220 e. The van der Waals surface area contributed by atoms with E-state index >= 15 is 0 Å². The number of hydrogen-bond donors (Lipinski definition) is 2. The Kier molecular flexibility index (Phi) is 6.09. The highest BCUT2D eigenvalue weighted by atomic mass is 32.2. The van der Waals surface area contributed by atoms with Gasteiger partial charge in [-0.1, -0.05) is 19.1 Å². The number of carbonyl (C=O) groups is 1. The number of nitrogens with one attached hydrogen (secondary N) is 1. The normalized spacial score (nSPS) is 12.9. The monoisotopic (exact) mass is 302 g/mol. The summed E-state index contributed by atoms with van der Waals surface area (Å²) in [7, 11) is -3.49. The largest absolute Gasteiger partial charge is 0.356 e. The SMILES string of the molecule is CC(CC(=O)NCCCS(N)(=O)=O)c1cccc(F)c1. The molecule has 1 unspecified atom stereocenters. The second-order valence-electron chi connectivity index (χ2n) is 4.73. The van der Waals surface area contributed by atoms with Gasteiger partial charge in [0.15, 0.2) is 0 Å². The minimum Gasteiger partial charge on any atom is -0.356 e. The number of amides is 1. The predicted octanol–water partition coefficient (Wildman–Crippen LogP) is 1.11. The Labute approximate surface area is 118 Å². The van der Waals surface area contributed by atoms with Crippen LogP contribution >= 0.6 is 0 Å². The average molecular weight is 302 g/mol. The number of sulfonamides is 1. The fourth-order valence-corrected chi connectivity index (χ4v) is 2.33. The first kappa shape index (κ1) is 16.6. The minimum atomic E-state index is -3.49. The number of primary sulfonamides is 1.